The first-order valence-corrected chi connectivity index (χ1v) is 4.49. The van der Waals surface area contributed by atoms with Crippen LogP contribution >= 0.6 is 0 Å². The molecule has 0 radical (unpaired) electrons. The number of H-pyrrole nitrogens is 1. The number of carbonyl (C=O) groups is 1. The molecular formula is C10H11N3O. The van der Waals surface area contributed by atoms with Crippen molar-refractivity contribution in [3.05, 3.63) is 23.8 Å². The van der Waals surface area contributed by atoms with E-state index in [1.165, 1.54) is 0 Å². The van der Waals surface area contributed by atoms with Crippen LogP contribution in [0.5, 0.6) is 0 Å². The van der Waals surface area contributed by atoms with E-state index in [4.69, 9.17) is 5.73 Å². The van der Waals surface area contributed by atoms with Gasteiger partial charge >= 0.3 is 0 Å². The number of Topliss-reactive ketones (excluding diaryl/α,β-unsaturated/α-hetero) is 1. The average Bonchev–Trinajstić information content (AvgIpc) is 2.55. The molecule has 0 spiro atoms. The van der Waals surface area contributed by atoms with Gasteiger partial charge in [0, 0.05) is 12.0 Å². The second-order valence-corrected chi connectivity index (χ2v) is 3.13. The molecule has 0 aliphatic heterocycles. The third-order valence-corrected chi connectivity index (χ3v) is 2.14. The fourth-order valence-corrected chi connectivity index (χ4v) is 1.40. The van der Waals surface area contributed by atoms with Crippen LogP contribution in [-0.4, -0.2) is 15.8 Å². The molecule has 14 heavy (non-hydrogen) atoms. The van der Waals surface area contributed by atoms with Gasteiger partial charge in [0.05, 0.1) is 11.0 Å². The summed E-state index contributed by atoms with van der Waals surface area (Å²) < 4.78 is 0. The van der Waals surface area contributed by atoms with E-state index in [1.807, 2.05) is 13.0 Å². The van der Waals surface area contributed by atoms with Gasteiger partial charge in [0.15, 0.2) is 11.7 Å². The van der Waals surface area contributed by atoms with E-state index in [0.29, 0.717) is 17.9 Å². The molecule has 2 rings (SSSR count). The Hall–Kier alpha value is -1.84. The van der Waals surface area contributed by atoms with Crippen LogP contribution in [0.2, 0.25) is 0 Å². The summed E-state index contributed by atoms with van der Waals surface area (Å²) in [7, 11) is 0. The normalized spacial score (nSPS) is 10.6. The molecule has 0 amide bonds. The summed E-state index contributed by atoms with van der Waals surface area (Å²) in [6, 6.07) is 5.36. The van der Waals surface area contributed by atoms with Gasteiger partial charge in [0.1, 0.15) is 0 Å². The largest absolute Gasteiger partial charge is 0.369 e. The summed E-state index contributed by atoms with van der Waals surface area (Å²) in [6.07, 6.45) is 0.505. The van der Waals surface area contributed by atoms with Gasteiger partial charge in [-0.15, -0.1) is 0 Å². The Morgan fingerprint density at radius 1 is 1.57 bits per heavy atom. The minimum absolute atomic E-state index is 0.119. The van der Waals surface area contributed by atoms with E-state index >= 15 is 0 Å². The van der Waals surface area contributed by atoms with Crippen LogP contribution in [-0.2, 0) is 0 Å². The molecule has 1 heterocycles. The molecule has 3 N–H and O–H groups in total. The maximum atomic E-state index is 11.4. The lowest BCUT2D eigenvalue weighted by Crippen LogP contribution is -1.95. The van der Waals surface area contributed by atoms with Crippen molar-refractivity contribution in [2.45, 2.75) is 13.3 Å². The lowest BCUT2D eigenvalue weighted by molar-refractivity contribution is 0.0988. The molecule has 4 heteroatoms. The number of nitrogens with two attached hydrogens (primary N) is 1. The number of nitrogens with zero attached hydrogens (tertiary/aromatic N) is 1. The van der Waals surface area contributed by atoms with Crippen LogP contribution in [0.15, 0.2) is 18.2 Å². The van der Waals surface area contributed by atoms with Gasteiger partial charge in [-0.1, -0.05) is 6.92 Å². The zero-order valence-electron chi connectivity index (χ0n) is 7.87. The van der Waals surface area contributed by atoms with E-state index in [1.54, 1.807) is 12.1 Å². The maximum absolute atomic E-state index is 11.4. The Labute approximate surface area is 81.1 Å². The van der Waals surface area contributed by atoms with Crippen LogP contribution in [0, 0.1) is 0 Å². The molecule has 0 atom stereocenters. The number of fused-ring (bicyclic) bond motifs is 1. The highest BCUT2D eigenvalue weighted by molar-refractivity contribution is 5.98. The minimum Gasteiger partial charge on any atom is -0.369 e. The van der Waals surface area contributed by atoms with Crippen molar-refractivity contribution < 1.29 is 4.79 Å². The lowest BCUT2D eigenvalue weighted by Gasteiger charge is -1.96. The van der Waals surface area contributed by atoms with Crippen molar-refractivity contribution in [3.63, 3.8) is 0 Å². The molecule has 1 aromatic heterocycles. The number of aromatic amines is 1. The van der Waals surface area contributed by atoms with Gasteiger partial charge in [-0.05, 0) is 18.2 Å². The maximum Gasteiger partial charge on any atom is 0.198 e. The number of ketones is 1. The highest BCUT2D eigenvalue weighted by Gasteiger charge is 2.05. The number of imidazole rings is 1. The zero-order chi connectivity index (χ0) is 10.1. The van der Waals surface area contributed by atoms with E-state index in [0.717, 1.165) is 11.0 Å². The zero-order valence-corrected chi connectivity index (χ0v) is 7.87. The molecule has 0 bridgehead atoms. The number of benzene rings is 1. The summed E-state index contributed by atoms with van der Waals surface area (Å²) >= 11 is 0. The van der Waals surface area contributed by atoms with Gasteiger partial charge in [0.25, 0.3) is 0 Å². The summed E-state index contributed by atoms with van der Waals surface area (Å²) in [5.41, 5.74) is 7.78. The molecule has 1 aromatic carbocycles. The molecule has 4 nitrogen and oxygen atoms in total. The Morgan fingerprint density at radius 2 is 2.36 bits per heavy atom. The third-order valence-electron chi connectivity index (χ3n) is 2.14. The van der Waals surface area contributed by atoms with E-state index in [2.05, 4.69) is 9.97 Å². The van der Waals surface area contributed by atoms with Gasteiger partial charge in [-0.2, -0.15) is 0 Å². The van der Waals surface area contributed by atoms with Gasteiger partial charge in [0.2, 0.25) is 0 Å². The fourth-order valence-electron chi connectivity index (χ4n) is 1.40. The van der Waals surface area contributed by atoms with Gasteiger partial charge < -0.3 is 10.7 Å². The Balaban J connectivity index is 2.55. The second kappa shape index (κ2) is 3.14. The van der Waals surface area contributed by atoms with E-state index in [9.17, 15) is 4.79 Å². The quantitative estimate of drug-likeness (QED) is 0.707. The molecular weight excluding hydrogens is 178 g/mol. The molecule has 0 fully saturated rings. The Kier molecular flexibility index (Phi) is 1.96. The second-order valence-electron chi connectivity index (χ2n) is 3.13. The van der Waals surface area contributed by atoms with E-state index in [-0.39, 0.29) is 5.78 Å². The molecule has 72 valence electrons. The minimum atomic E-state index is 0.119. The number of carbonyl (C=O) groups excluding carboxylic acids is 1. The first kappa shape index (κ1) is 8.74. The standard InChI is InChI=1S/C10H11N3O/c1-2-9(14)6-3-4-7-8(5-6)13-10(11)12-7/h3-5H,2H2,1H3,(H3,11,12,13). The van der Waals surface area contributed by atoms with Crippen LogP contribution in [0.25, 0.3) is 11.0 Å². The molecule has 2 aromatic rings. The predicted octanol–water partition coefficient (Wildman–Crippen LogP) is 1.74. The van der Waals surface area contributed by atoms with Crippen molar-refractivity contribution >= 4 is 22.8 Å². The highest BCUT2D eigenvalue weighted by Crippen LogP contribution is 2.15. The summed E-state index contributed by atoms with van der Waals surface area (Å²) in [5, 5.41) is 0. The fraction of sp³-hybridized carbons (Fsp3) is 0.200. The SMILES string of the molecule is CCC(=O)c1ccc2[nH]c(N)nc2c1. The number of hydrogen-bond donors (Lipinski definition) is 2. The lowest BCUT2D eigenvalue weighted by atomic mass is 10.1. The van der Waals surface area contributed by atoms with Crippen molar-refractivity contribution in [2.24, 2.45) is 0 Å². The van der Waals surface area contributed by atoms with Gasteiger partial charge in [-0.3, -0.25) is 4.79 Å². The van der Waals surface area contributed by atoms with Crippen LogP contribution in [0.4, 0.5) is 5.95 Å². The Bertz CT molecular complexity index is 487. The number of nitrogen functional groups attached to an aromatic ring is 1. The van der Waals surface area contributed by atoms with Gasteiger partial charge in [-0.25, -0.2) is 4.98 Å². The average molecular weight is 189 g/mol. The monoisotopic (exact) mass is 189 g/mol. The van der Waals surface area contributed by atoms with Crippen LogP contribution in [0.1, 0.15) is 23.7 Å². The highest BCUT2D eigenvalue weighted by atomic mass is 16.1. The van der Waals surface area contributed by atoms with Crippen LogP contribution < -0.4 is 5.73 Å². The van der Waals surface area contributed by atoms with Crippen molar-refractivity contribution in [1.82, 2.24) is 9.97 Å². The first-order chi connectivity index (χ1) is 6.70. The number of anilines is 1. The predicted molar refractivity (Wildman–Crippen MR) is 55.1 cm³/mol. The van der Waals surface area contributed by atoms with Crippen molar-refractivity contribution in [2.75, 3.05) is 5.73 Å². The summed E-state index contributed by atoms with van der Waals surface area (Å²) in [6.45, 7) is 1.84. The van der Waals surface area contributed by atoms with E-state index < -0.39 is 0 Å². The number of rotatable bonds is 2. The molecule has 0 unspecified atom stereocenters. The first-order valence-electron chi connectivity index (χ1n) is 4.49. The third kappa shape index (κ3) is 1.35. The van der Waals surface area contributed by atoms with Crippen LogP contribution in [0.3, 0.4) is 0 Å². The number of nitrogens with one attached hydrogen (secondary N) is 1. The van der Waals surface area contributed by atoms with Crippen molar-refractivity contribution in [1.29, 1.82) is 0 Å². The number of hydrogen-bond acceptors (Lipinski definition) is 3. The molecule has 0 saturated heterocycles. The summed E-state index contributed by atoms with van der Waals surface area (Å²) in [4.78, 5) is 18.4. The van der Waals surface area contributed by atoms with Crippen molar-refractivity contribution in [3.8, 4) is 0 Å². The summed E-state index contributed by atoms with van der Waals surface area (Å²) in [5.74, 6) is 0.495. The Morgan fingerprint density at radius 3 is 3.07 bits per heavy atom. The smallest absolute Gasteiger partial charge is 0.198 e. The number of aromatic nitrogens is 2. The topological polar surface area (TPSA) is 71.8 Å². The molecule has 0 aliphatic rings. The molecule has 0 saturated carbocycles. The molecule has 0 aliphatic carbocycles.